The second-order valence-electron chi connectivity index (χ2n) is 9.43. The van der Waals surface area contributed by atoms with Gasteiger partial charge >= 0.3 is 0 Å². The molecule has 0 saturated heterocycles. The normalized spacial score (nSPS) is 20.2. The van der Waals surface area contributed by atoms with Crippen LogP contribution in [0.3, 0.4) is 0 Å². The summed E-state index contributed by atoms with van der Waals surface area (Å²) in [6.45, 7) is 7.80. The number of hydrogen-bond donors (Lipinski definition) is 0. The smallest absolute Gasteiger partial charge is 0.119 e. The second-order valence-corrected chi connectivity index (χ2v) is 11.6. The maximum Gasteiger partial charge on any atom is 0.119 e. The monoisotopic (exact) mass is 454 g/mol. The van der Waals surface area contributed by atoms with E-state index >= 15 is 0 Å². The molecule has 1 aromatic carbocycles. The molecule has 1 fully saturated rings. The summed E-state index contributed by atoms with van der Waals surface area (Å²) in [4.78, 5) is 2.97. The lowest BCUT2D eigenvalue weighted by Crippen LogP contribution is -2.18. The van der Waals surface area contributed by atoms with Gasteiger partial charge in [0.25, 0.3) is 0 Å². The van der Waals surface area contributed by atoms with Crippen molar-refractivity contribution in [3.63, 3.8) is 0 Å². The third-order valence-electron chi connectivity index (χ3n) is 7.14. The van der Waals surface area contributed by atoms with E-state index in [2.05, 4.69) is 57.2 Å². The SMILES string of the molecule is CCCCOc1ccc(-c2cc3sc(C(C)C4CCC(CCCC)CC4)cc3s2)cc1. The van der Waals surface area contributed by atoms with Crippen molar-refractivity contribution in [3.8, 4) is 16.2 Å². The van der Waals surface area contributed by atoms with E-state index in [1.807, 2.05) is 22.7 Å². The number of ether oxygens (including phenoxy) is 1. The van der Waals surface area contributed by atoms with Crippen molar-refractivity contribution < 1.29 is 4.74 Å². The van der Waals surface area contributed by atoms with Gasteiger partial charge in [-0.25, -0.2) is 0 Å². The van der Waals surface area contributed by atoms with Crippen LogP contribution in [0.4, 0.5) is 0 Å². The molecule has 3 aromatic rings. The predicted molar refractivity (Wildman–Crippen MR) is 139 cm³/mol. The van der Waals surface area contributed by atoms with Crippen molar-refractivity contribution in [1.29, 1.82) is 0 Å². The van der Waals surface area contributed by atoms with E-state index in [1.54, 1.807) is 4.88 Å². The van der Waals surface area contributed by atoms with Crippen molar-refractivity contribution in [1.82, 2.24) is 0 Å². The van der Waals surface area contributed by atoms with Crippen molar-refractivity contribution >= 4 is 32.1 Å². The standard InChI is InChI=1S/C28H38OS2/c1-4-6-8-21-9-11-22(12-10-21)20(3)25-18-27-28(30-25)19-26(31-27)23-13-15-24(16-14-23)29-17-7-5-2/h13-16,18-22H,4-12,17H2,1-3H3. The maximum atomic E-state index is 5.81. The summed E-state index contributed by atoms with van der Waals surface area (Å²) in [5, 5.41) is 0. The Morgan fingerprint density at radius 3 is 2.29 bits per heavy atom. The zero-order valence-electron chi connectivity index (χ0n) is 19.5. The van der Waals surface area contributed by atoms with E-state index in [0.29, 0.717) is 5.92 Å². The first kappa shape index (κ1) is 22.9. The lowest BCUT2D eigenvalue weighted by atomic mass is 9.74. The van der Waals surface area contributed by atoms with Crippen LogP contribution in [0.25, 0.3) is 19.8 Å². The fourth-order valence-electron chi connectivity index (χ4n) is 4.97. The number of rotatable bonds is 10. The molecule has 2 aromatic heterocycles. The van der Waals surface area contributed by atoms with E-state index in [0.717, 1.165) is 30.6 Å². The van der Waals surface area contributed by atoms with Crippen molar-refractivity contribution in [2.45, 2.75) is 84.5 Å². The van der Waals surface area contributed by atoms with Crippen LogP contribution in [0.2, 0.25) is 0 Å². The van der Waals surface area contributed by atoms with Crippen LogP contribution in [0.5, 0.6) is 5.75 Å². The Balaban J connectivity index is 1.37. The first-order valence-electron chi connectivity index (χ1n) is 12.4. The molecule has 1 unspecified atom stereocenters. The van der Waals surface area contributed by atoms with Gasteiger partial charge in [-0.05, 0) is 79.0 Å². The van der Waals surface area contributed by atoms with Crippen molar-refractivity contribution in [2.24, 2.45) is 11.8 Å². The highest BCUT2D eigenvalue weighted by Gasteiger charge is 2.27. The zero-order valence-corrected chi connectivity index (χ0v) is 21.1. The average molecular weight is 455 g/mol. The fraction of sp³-hybridized carbons (Fsp3) is 0.571. The van der Waals surface area contributed by atoms with Gasteiger partial charge in [-0.15, -0.1) is 22.7 Å². The van der Waals surface area contributed by atoms with Gasteiger partial charge in [0, 0.05) is 19.2 Å². The summed E-state index contributed by atoms with van der Waals surface area (Å²) < 4.78 is 8.73. The minimum absolute atomic E-state index is 0.708. The van der Waals surface area contributed by atoms with Crippen LogP contribution < -0.4 is 4.74 Å². The molecule has 0 spiro atoms. The fourth-order valence-corrected chi connectivity index (χ4v) is 7.53. The Kier molecular flexibility index (Phi) is 8.12. The summed E-state index contributed by atoms with van der Waals surface area (Å²) >= 11 is 3.97. The number of benzene rings is 1. The average Bonchev–Trinajstić information content (AvgIpc) is 3.38. The van der Waals surface area contributed by atoms with Crippen LogP contribution in [0.15, 0.2) is 36.4 Å². The van der Waals surface area contributed by atoms with Crippen LogP contribution in [0.1, 0.15) is 89.4 Å². The van der Waals surface area contributed by atoms with Gasteiger partial charge in [0.15, 0.2) is 0 Å². The summed E-state index contributed by atoms with van der Waals surface area (Å²) in [5.41, 5.74) is 1.30. The molecular formula is C28H38OS2. The molecule has 0 aliphatic heterocycles. The van der Waals surface area contributed by atoms with Gasteiger partial charge in [0.05, 0.1) is 6.61 Å². The molecule has 1 aliphatic rings. The molecule has 31 heavy (non-hydrogen) atoms. The topological polar surface area (TPSA) is 9.23 Å². The quantitative estimate of drug-likeness (QED) is 0.277. The van der Waals surface area contributed by atoms with Crippen molar-refractivity contribution in [3.05, 3.63) is 41.3 Å². The van der Waals surface area contributed by atoms with E-state index < -0.39 is 0 Å². The Hall–Kier alpha value is -1.32. The van der Waals surface area contributed by atoms with Gasteiger partial charge in [-0.1, -0.05) is 59.3 Å². The molecule has 1 aliphatic carbocycles. The predicted octanol–water partition coefficient (Wildman–Crippen LogP) is 9.91. The van der Waals surface area contributed by atoms with Crippen molar-refractivity contribution in [2.75, 3.05) is 6.61 Å². The van der Waals surface area contributed by atoms with Crippen LogP contribution in [-0.4, -0.2) is 6.61 Å². The Labute approximate surface area is 196 Å². The molecule has 1 atom stereocenters. The molecule has 0 N–H and O–H groups in total. The number of thiophene rings is 2. The zero-order chi connectivity index (χ0) is 21.6. The Bertz CT molecular complexity index is 896. The largest absolute Gasteiger partial charge is 0.494 e. The molecule has 168 valence electrons. The summed E-state index contributed by atoms with van der Waals surface area (Å²) in [5.74, 6) is 3.57. The lowest BCUT2D eigenvalue weighted by molar-refractivity contribution is 0.238. The van der Waals surface area contributed by atoms with Crippen LogP contribution >= 0.6 is 22.7 Å². The second kappa shape index (κ2) is 11.0. The first-order chi connectivity index (χ1) is 15.2. The van der Waals surface area contributed by atoms with Crippen LogP contribution in [0, 0.1) is 11.8 Å². The molecular weight excluding hydrogens is 416 g/mol. The molecule has 1 saturated carbocycles. The summed E-state index contributed by atoms with van der Waals surface area (Å²) in [6, 6.07) is 13.5. The maximum absolute atomic E-state index is 5.81. The van der Waals surface area contributed by atoms with E-state index in [4.69, 9.17) is 4.74 Å². The first-order valence-corrected chi connectivity index (χ1v) is 14.1. The highest BCUT2D eigenvalue weighted by Crippen LogP contribution is 2.45. The minimum Gasteiger partial charge on any atom is -0.494 e. The summed E-state index contributed by atoms with van der Waals surface area (Å²) in [6.07, 6.45) is 12.3. The van der Waals surface area contributed by atoms with E-state index in [9.17, 15) is 0 Å². The van der Waals surface area contributed by atoms with E-state index in [1.165, 1.54) is 71.2 Å². The molecule has 2 heterocycles. The molecule has 0 amide bonds. The number of fused-ring (bicyclic) bond motifs is 1. The highest BCUT2D eigenvalue weighted by atomic mass is 32.1. The van der Waals surface area contributed by atoms with Crippen LogP contribution in [-0.2, 0) is 0 Å². The Morgan fingerprint density at radius 1 is 0.903 bits per heavy atom. The van der Waals surface area contributed by atoms with Gasteiger partial charge in [-0.3, -0.25) is 0 Å². The minimum atomic E-state index is 0.708. The molecule has 0 radical (unpaired) electrons. The number of unbranched alkanes of at least 4 members (excludes halogenated alkanes) is 2. The molecule has 3 heteroatoms. The van der Waals surface area contributed by atoms with Gasteiger partial charge in [0.1, 0.15) is 5.75 Å². The van der Waals surface area contributed by atoms with Gasteiger partial charge < -0.3 is 4.74 Å². The Morgan fingerprint density at radius 2 is 1.61 bits per heavy atom. The molecule has 4 rings (SSSR count). The molecule has 1 nitrogen and oxygen atoms in total. The number of hydrogen-bond acceptors (Lipinski definition) is 3. The molecule has 0 bridgehead atoms. The highest BCUT2D eigenvalue weighted by molar-refractivity contribution is 7.29. The van der Waals surface area contributed by atoms with Gasteiger partial charge in [0.2, 0.25) is 0 Å². The van der Waals surface area contributed by atoms with Gasteiger partial charge in [-0.2, -0.15) is 0 Å². The third-order valence-corrected chi connectivity index (χ3v) is 9.69. The third kappa shape index (κ3) is 5.73. The lowest BCUT2D eigenvalue weighted by Gasteiger charge is -2.32. The van der Waals surface area contributed by atoms with E-state index in [-0.39, 0.29) is 0 Å². The summed E-state index contributed by atoms with van der Waals surface area (Å²) in [7, 11) is 0.